The molecule has 3 amide bonds. The summed E-state index contributed by atoms with van der Waals surface area (Å²) in [6, 6.07) is 18.8. The highest BCUT2D eigenvalue weighted by atomic mass is 32.2. The van der Waals surface area contributed by atoms with Gasteiger partial charge >= 0.3 is 12.2 Å². The number of alkyl halides is 3. The molecule has 2 aromatic carbocycles. The number of urea groups is 1. The standard InChI is InChI=1S/C39H46F3N11O4S/c1-49(58(2,56)57)36-28(6-4-15-43-36)24-44-35-33(39(40,41)42)25-45-37(48-35)46-29-8-10-30(11-9-29)51-16-12-31(13-17-51)52-21-19-50(20-22-52)26-27-5-3-7-32(23-27)53-18-14-34(54)47-38(53)55/h3-11,15,23,25,31H,12-14,16-22,24,26H2,1-2H3,(H,47,54,55)(H2,44,45,46,48). The van der Waals surface area contributed by atoms with Crippen LogP contribution in [-0.2, 0) is 34.1 Å². The molecule has 15 nitrogen and oxygen atoms in total. The van der Waals surface area contributed by atoms with Crippen LogP contribution >= 0.6 is 0 Å². The Morgan fingerprint density at radius 3 is 2.34 bits per heavy atom. The van der Waals surface area contributed by atoms with Crippen LogP contribution in [0.2, 0.25) is 0 Å². The monoisotopic (exact) mass is 821 g/mol. The van der Waals surface area contributed by atoms with Gasteiger partial charge in [0.25, 0.3) is 0 Å². The zero-order chi connectivity index (χ0) is 41.0. The van der Waals surface area contributed by atoms with Crippen LogP contribution in [0.15, 0.2) is 73.1 Å². The van der Waals surface area contributed by atoms with E-state index in [9.17, 15) is 31.2 Å². The number of nitrogens with one attached hydrogen (secondary N) is 3. The van der Waals surface area contributed by atoms with Crippen LogP contribution in [0.3, 0.4) is 0 Å². The predicted octanol–water partition coefficient (Wildman–Crippen LogP) is 4.87. The molecule has 0 radical (unpaired) electrons. The number of aromatic nitrogens is 3. The lowest BCUT2D eigenvalue weighted by molar-refractivity contribution is -0.137. The van der Waals surface area contributed by atoms with Gasteiger partial charge in [-0.25, -0.2) is 23.2 Å². The summed E-state index contributed by atoms with van der Waals surface area (Å²) in [5, 5.41) is 8.10. The maximum Gasteiger partial charge on any atom is 0.421 e. The SMILES string of the molecule is CN(c1ncccc1CNc1nc(Nc2ccc(N3CCC(N4CCN(Cc5cccc(N6CCC(=O)NC6=O)c5)CC4)CC3)cc2)ncc1C(F)(F)F)S(C)(=O)=O. The number of benzene rings is 2. The molecule has 308 valence electrons. The summed E-state index contributed by atoms with van der Waals surface area (Å²) < 4.78 is 67.0. The second kappa shape index (κ2) is 17.1. The number of amides is 3. The molecule has 3 aliphatic rings. The molecule has 2 aromatic heterocycles. The molecule has 5 heterocycles. The van der Waals surface area contributed by atoms with Crippen molar-refractivity contribution >= 4 is 56.6 Å². The fourth-order valence-corrected chi connectivity index (χ4v) is 8.00. The predicted molar refractivity (Wildman–Crippen MR) is 216 cm³/mol. The van der Waals surface area contributed by atoms with Gasteiger partial charge in [-0.1, -0.05) is 18.2 Å². The first-order valence-electron chi connectivity index (χ1n) is 19.1. The summed E-state index contributed by atoms with van der Waals surface area (Å²) in [5.74, 6) is -0.657. The summed E-state index contributed by atoms with van der Waals surface area (Å²) in [5.41, 5.74) is 2.88. The van der Waals surface area contributed by atoms with Crippen LogP contribution in [0.4, 0.5) is 52.6 Å². The number of piperazine rings is 1. The molecule has 0 bridgehead atoms. The molecule has 58 heavy (non-hydrogen) atoms. The average molecular weight is 822 g/mol. The van der Waals surface area contributed by atoms with Crippen LogP contribution in [0.1, 0.15) is 36.0 Å². The summed E-state index contributed by atoms with van der Waals surface area (Å²) in [4.78, 5) is 45.0. The average Bonchev–Trinajstić information content (AvgIpc) is 3.20. The fourth-order valence-electron chi connectivity index (χ4n) is 7.52. The lowest BCUT2D eigenvalue weighted by Crippen LogP contribution is -2.53. The van der Waals surface area contributed by atoms with Gasteiger partial charge in [-0.15, -0.1) is 0 Å². The zero-order valence-corrected chi connectivity index (χ0v) is 33.1. The van der Waals surface area contributed by atoms with Crippen LogP contribution in [0, 0.1) is 0 Å². The maximum absolute atomic E-state index is 13.9. The van der Waals surface area contributed by atoms with Crippen molar-refractivity contribution in [2.75, 3.05) is 83.9 Å². The first-order chi connectivity index (χ1) is 27.7. The largest absolute Gasteiger partial charge is 0.421 e. The van der Waals surface area contributed by atoms with Crippen molar-refractivity contribution in [3.8, 4) is 0 Å². The fraction of sp³-hybridized carbons (Fsp3) is 0.410. The number of anilines is 6. The minimum absolute atomic E-state index is 0.0393. The number of piperidine rings is 1. The van der Waals surface area contributed by atoms with E-state index in [-0.39, 0.29) is 30.2 Å². The molecule has 3 fully saturated rings. The minimum Gasteiger partial charge on any atom is -0.371 e. The minimum atomic E-state index is -4.74. The molecule has 0 unspecified atom stereocenters. The number of rotatable bonds is 12. The third-order valence-corrected chi connectivity index (χ3v) is 11.9. The van der Waals surface area contributed by atoms with Crippen molar-refractivity contribution < 1.29 is 31.2 Å². The Hall–Kier alpha value is -5.53. The summed E-state index contributed by atoms with van der Waals surface area (Å²) >= 11 is 0. The highest BCUT2D eigenvalue weighted by Crippen LogP contribution is 2.35. The van der Waals surface area contributed by atoms with E-state index in [0.717, 1.165) is 86.2 Å². The molecule has 4 aromatic rings. The van der Waals surface area contributed by atoms with Gasteiger partial charge in [-0.2, -0.15) is 18.2 Å². The number of hydrogen-bond donors (Lipinski definition) is 3. The van der Waals surface area contributed by atoms with E-state index in [2.05, 4.69) is 51.7 Å². The Kier molecular flexibility index (Phi) is 12.0. The van der Waals surface area contributed by atoms with E-state index in [0.29, 0.717) is 36.5 Å². The van der Waals surface area contributed by atoms with Gasteiger partial charge in [0.1, 0.15) is 17.2 Å². The molecule has 3 aliphatic heterocycles. The molecule has 3 N–H and O–H groups in total. The van der Waals surface area contributed by atoms with Crippen molar-refractivity contribution in [2.24, 2.45) is 0 Å². The summed E-state index contributed by atoms with van der Waals surface area (Å²) in [6.07, 6.45) is 0.749. The normalized spacial score (nSPS) is 17.6. The van der Waals surface area contributed by atoms with Gasteiger partial charge in [-0.3, -0.25) is 29.1 Å². The van der Waals surface area contributed by atoms with Crippen LogP contribution in [-0.4, -0.2) is 110 Å². The lowest BCUT2D eigenvalue weighted by Gasteiger charge is -2.43. The Labute approximate surface area is 335 Å². The Morgan fingerprint density at radius 1 is 0.914 bits per heavy atom. The first kappa shape index (κ1) is 40.7. The van der Waals surface area contributed by atoms with E-state index in [1.165, 1.54) is 13.2 Å². The molecule has 0 spiro atoms. The van der Waals surface area contributed by atoms with E-state index < -0.39 is 27.6 Å². The van der Waals surface area contributed by atoms with Crippen molar-refractivity contribution in [1.82, 2.24) is 30.1 Å². The molecule has 0 aliphatic carbocycles. The third kappa shape index (κ3) is 9.76. The second-order valence-corrected chi connectivity index (χ2v) is 16.7. The smallest absolute Gasteiger partial charge is 0.371 e. The Morgan fingerprint density at radius 2 is 1.66 bits per heavy atom. The number of carbonyl (C=O) groups excluding carboxylic acids is 2. The summed E-state index contributed by atoms with van der Waals surface area (Å²) in [6.45, 7) is 6.66. The summed E-state index contributed by atoms with van der Waals surface area (Å²) in [7, 11) is -2.34. The molecule has 7 rings (SSSR count). The molecular formula is C39H46F3N11O4S. The molecule has 19 heteroatoms. The highest BCUT2D eigenvalue weighted by molar-refractivity contribution is 7.92. The van der Waals surface area contributed by atoms with Gasteiger partial charge in [-0.05, 0) is 60.9 Å². The van der Waals surface area contributed by atoms with E-state index in [1.54, 1.807) is 17.0 Å². The van der Waals surface area contributed by atoms with E-state index in [4.69, 9.17) is 0 Å². The molecule has 3 saturated heterocycles. The molecule has 0 atom stereocenters. The lowest BCUT2D eigenvalue weighted by atomic mass is 10.0. The van der Waals surface area contributed by atoms with Crippen LogP contribution in [0.25, 0.3) is 0 Å². The number of sulfonamides is 1. The van der Waals surface area contributed by atoms with Crippen LogP contribution < -0.4 is 30.1 Å². The number of halogens is 3. The van der Waals surface area contributed by atoms with Crippen LogP contribution in [0.5, 0.6) is 0 Å². The number of carbonyl (C=O) groups is 2. The number of nitrogens with zero attached hydrogens (tertiary/aromatic N) is 8. The van der Waals surface area contributed by atoms with Gasteiger partial charge in [0.2, 0.25) is 21.9 Å². The molecule has 0 saturated carbocycles. The Bertz CT molecular complexity index is 2210. The number of imide groups is 1. The van der Waals surface area contributed by atoms with Crippen molar-refractivity contribution in [3.05, 3.63) is 89.7 Å². The third-order valence-electron chi connectivity index (χ3n) is 10.8. The van der Waals surface area contributed by atoms with Crippen molar-refractivity contribution in [2.45, 2.75) is 44.6 Å². The van der Waals surface area contributed by atoms with Gasteiger partial charge in [0, 0.05) is 113 Å². The quantitative estimate of drug-likeness (QED) is 0.178. The zero-order valence-electron chi connectivity index (χ0n) is 32.2. The van der Waals surface area contributed by atoms with Crippen molar-refractivity contribution in [3.63, 3.8) is 0 Å². The Balaban J connectivity index is 0.901. The number of pyridine rings is 1. The molecular weight excluding hydrogens is 776 g/mol. The van der Waals surface area contributed by atoms with Gasteiger partial charge in [0.05, 0.1) is 6.26 Å². The van der Waals surface area contributed by atoms with Crippen molar-refractivity contribution in [1.29, 1.82) is 0 Å². The second-order valence-electron chi connectivity index (χ2n) is 14.7. The van der Waals surface area contributed by atoms with E-state index >= 15 is 0 Å². The van der Waals surface area contributed by atoms with Gasteiger partial charge in [0.15, 0.2) is 0 Å². The topological polar surface area (TPSA) is 159 Å². The number of hydrogen-bond acceptors (Lipinski definition) is 12. The maximum atomic E-state index is 13.9. The van der Waals surface area contributed by atoms with Gasteiger partial charge < -0.3 is 15.5 Å². The van der Waals surface area contributed by atoms with E-state index in [1.807, 2.05) is 42.5 Å². The highest BCUT2D eigenvalue weighted by Gasteiger charge is 2.36. The first-order valence-corrected chi connectivity index (χ1v) is 20.9.